The molecular weight excluding hydrogens is 502 g/mol. The summed E-state index contributed by atoms with van der Waals surface area (Å²) in [7, 11) is -2.69. The van der Waals surface area contributed by atoms with Crippen molar-refractivity contribution in [2.75, 3.05) is 56.8 Å². The fraction of sp³-hybridized carbons (Fsp3) is 0.880. The van der Waals surface area contributed by atoms with E-state index in [9.17, 15) is 4.79 Å². The van der Waals surface area contributed by atoms with Crippen LogP contribution in [0.5, 0.6) is 0 Å². The topological polar surface area (TPSA) is 75.3 Å². The van der Waals surface area contributed by atoms with Crippen molar-refractivity contribution in [3.8, 4) is 0 Å². The number of carbonyl (C=O) groups is 1. The van der Waals surface area contributed by atoms with Crippen LogP contribution in [0.1, 0.15) is 59.3 Å². The standard InChI is InChI=1S/C25H47NO6S2Si/c1-5-29-35(30-6-2,31-7-3)15-11-14-26-25(27)32-24(22-12-9-8-10-13-22)17-28-16-23-20-33-18-21(4)19-34-23/h22-24H,4-20H2,1-3H3,(H,26,27). The maximum absolute atomic E-state index is 12.7. The van der Waals surface area contributed by atoms with E-state index in [2.05, 4.69) is 11.9 Å². The number of rotatable bonds is 16. The van der Waals surface area contributed by atoms with Crippen LogP contribution >= 0.6 is 23.5 Å². The predicted octanol–water partition coefficient (Wildman–Crippen LogP) is 5.52. The Hall–Kier alpha value is -0.233. The predicted molar refractivity (Wildman–Crippen MR) is 148 cm³/mol. The molecular formula is C25H47NO6S2Si. The van der Waals surface area contributed by atoms with Crippen LogP contribution in [0.15, 0.2) is 12.2 Å². The van der Waals surface area contributed by atoms with Gasteiger partial charge in [-0.25, -0.2) is 4.79 Å². The summed E-state index contributed by atoms with van der Waals surface area (Å²) in [6.07, 6.45) is 6.01. The molecule has 1 amide bonds. The Bertz CT molecular complexity index is 591. The molecule has 2 atom stereocenters. The number of hydrogen-bond donors (Lipinski definition) is 1. The minimum Gasteiger partial charge on any atom is -0.443 e. The van der Waals surface area contributed by atoms with E-state index in [1.165, 1.54) is 24.8 Å². The zero-order valence-corrected chi connectivity index (χ0v) is 24.7. The first kappa shape index (κ1) is 31.0. The van der Waals surface area contributed by atoms with Crippen molar-refractivity contribution >= 4 is 38.4 Å². The molecule has 2 rings (SSSR count). The van der Waals surface area contributed by atoms with Gasteiger partial charge in [0.15, 0.2) is 0 Å². The van der Waals surface area contributed by atoms with Crippen molar-refractivity contribution in [2.24, 2.45) is 5.92 Å². The van der Waals surface area contributed by atoms with E-state index < -0.39 is 8.80 Å². The van der Waals surface area contributed by atoms with Gasteiger partial charge in [0.1, 0.15) is 6.10 Å². The Kier molecular flexibility index (Phi) is 16.0. The fourth-order valence-electron chi connectivity index (χ4n) is 4.52. The molecule has 0 bridgehead atoms. The fourth-order valence-corrected chi connectivity index (χ4v) is 9.57. The number of ether oxygens (including phenoxy) is 2. The maximum atomic E-state index is 12.7. The van der Waals surface area contributed by atoms with Crippen molar-refractivity contribution < 1.29 is 27.5 Å². The van der Waals surface area contributed by atoms with Crippen LogP contribution in [0.2, 0.25) is 6.04 Å². The van der Waals surface area contributed by atoms with Gasteiger partial charge < -0.3 is 28.1 Å². The van der Waals surface area contributed by atoms with Crippen molar-refractivity contribution in [1.82, 2.24) is 5.32 Å². The van der Waals surface area contributed by atoms with Crippen molar-refractivity contribution in [1.29, 1.82) is 0 Å². The van der Waals surface area contributed by atoms with Gasteiger partial charge in [0.05, 0.1) is 13.2 Å². The minimum absolute atomic E-state index is 0.197. The summed E-state index contributed by atoms with van der Waals surface area (Å²) in [4.78, 5) is 12.7. The molecule has 0 radical (unpaired) electrons. The molecule has 0 aromatic heterocycles. The number of alkyl carbamates (subject to hydrolysis) is 1. The van der Waals surface area contributed by atoms with Crippen molar-refractivity contribution in [3.63, 3.8) is 0 Å². The minimum atomic E-state index is -2.69. The molecule has 10 heteroatoms. The lowest BCUT2D eigenvalue weighted by atomic mass is 9.85. The Labute approximate surface area is 222 Å². The third-order valence-electron chi connectivity index (χ3n) is 6.17. The second-order valence-corrected chi connectivity index (χ2v) is 14.1. The molecule has 1 saturated carbocycles. The Morgan fingerprint density at radius 1 is 1.09 bits per heavy atom. The van der Waals surface area contributed by atoms with Gasteiger partial charge in [0.25, 0.3) is 0 Å². The molecule has 1 N–H and O–H groups in total. The second kappa shape index (κ2) is 18.1. The van der Waals surface area contributed by atoms with E-state index >= 15 is 0 Å². The highest BCUT2D eigenvalue weighted by atomic mass is 32.2. The van der Waals surface area contributed by atoms with E-state index in [0.29, 0.717) is 63.2 Å². The van der Waals surface area contributed by atoms with Crippen LogP contribution in [0.25, 0.3) is 0 Å². The van der Waals surface area contributed by atoms with Gasteiger partial charge >= 0.3 is 14.9 Å². The van der Waals surface area contributed by atoms with Gasteiger partial charge in [-0.2, -0.15) is 23.5 Å². The van der Waals surface area contributed by atoms with Crippen LogP contribution in [0.3, 0.4) is 0 Å². The average molecular weight is 550 g/mol. The number of amides is 1. The number of hydrogen-bond acceptors (Lipinski definition) is 8. The average Bonchev–Trinajstić information content (AvgIpc) is 3.06. The number of thioether (sulfide) groups is 2. The lowest BCUT2D eigenvalue weighted by Gasteiger charge is -2.30. The highest BCUT2D eigenvalue weighted by Gasteiger charge is 2.39. The summed E-state index contributed by atoms with van der Waals surface area (Å²) in [6.45, 7) is 13.3. The van der Waals surface area contributed by atoms with Gasteiger partial charge in [-0.15, -0.1) is 0 Å². The van der Waals surface area contributed by atoms with Crippen molar-refractivity contribution in [2.45, 2.75) is 76.7 Å². The zero-order valence-electron chi connectivity index (χ0n) is 22.0. The van der Waals surface area contributed by atoms with Crippen LogP contribution < -0.4 is 5.32 Å². The molecule has 2 fully saturated rings. The van der Waals surface area contributed by atoms with E-state index in [-0.39, 0.29) is 12.2 Å². The summed E-state index contributed by atoms with van der Waals surface area (Å²) in [6, 6.07) is 0.668. The first-order valence-electron chi connectivity index (χ1n) is 13.3. The third-order valence-corrected chi connectivity index (χ3v) is 12.1. The molecule has 2 unspecified atom stereocenters. The van der Waals surface area contributed by atoms with Crippen LogP contribution in [-0.2, 0) is 22.8 Å². The first-order valence-corrected chi connectivity index (χ1v) is 17.5. The van der Waals surface area contributed by atoms with E-state index in [4.69, 9.17) is 22.8 Å². The summed E-state index contributed by atoms with van der Waals surface area (Å²) in [5.41, 5.74) is 1.30. The Balaban J connectivity index is 1.79. The largest absolute Gasteiger partial charge is 0.500 e. The highest BCUT2D eigenvalue weighted by molar-refractivity contribution is 8.04. The quantitative estimate of drug-likeness (QED) is 0.153. The first-order chi connectivity index (χ1) is 17.0. The van der Waals surface area contributed by atoms with E-state index in [1.54, 1.807) is 0 Å². The SMILES string of the molecule is C=C1CSCC(COCC(OC(=O)NCCC[Si](OCC)(OCC)OCC)C2CCCCC2)SC1. The molecule has 7 nitrogen and oxygen atoms in total. The molecule has 35 heavy (non-hydrogen) atoms. The number of carbonyl (C=O) groups excluding carboxylic acids is 1. The Morgan fingerprint density at radius 3 is 2.43 bits per heavy atom. The van der Waals surface area contributed by atoms with E-state index in [1.807, 2.05) is 44.3 Å². The van der Waals surface area contributed by atoms with Crippen LogP contribution in [-0.4, -0.2) is 83.1 Å². The third kappa shape index (κ3) is 12.2. The molecule has 1 aliphatic carbocycles. The lowest BCUT2D eigenvalue weighted by Crippen LogP contribution is -2.46. The van der Waals surface area contributed by atoms with Gasteiger partial charge in [-0.1, -0.05) is 31.4 Å². The second-order valence-electron chi connectivity index (χ2n) is 9.09. The van der Waals surface area contributed by atoms with Crippen molar-refractivity contribution in [3.05, 3.63) is 12.2 Å². The molecule has 0 aromatic carbocycles. The van der Waals surface area contributed by atoms with Crippen LogP contribution in [0, 0.1) is 5.92 Å². The number of nitrogens with one attached hydrogen (secondary N) is 1. The van der Waals surface area contributed by atoms with Gasteiger partial charge in [0, 0.05) is 54.9 Å². The molecule has 0 spiro atoms. The summed E-state index contributed by atoms with van der Waals surface area (Å²) >= 11 is 3.86. The smallest absolute Gasteiger partial charge is 0.443 e. The van der Waals surface area contributed by atoms with Gasteiger partial charge in [-0.05, 0) is 46.0 Å². The maximum Gasteiger partial charge on any atom is 0.500 e. The Morgan fingerprint density at radius 2 is 1.77 bits per heavy atom. The monoisotopic (exact) mass is 549 g/mol. The summed E-state index contributed by atoms with van der Waals surface area (Å²) in [5, 5.41) is 3.39. The summed E-state index contributed by atoms with van der Waals surface area (Å²) in [5.74, 6) is 3.50. The normalized spacial score (nSPS) is 20.9. The molecule has 1 aliphatic heterocycles. The molecule has 204 valence electrons. The van der Waals surface area contributed by atoms with Gasteiger partial charge in [0.2, 0.25) is 0 Å². The molecule has 1 heterocycles. The molecule has 2 aliphatic rings. The lowest BCUT2D eigenvalue weighted by molar-refractivity contribution is -0.0162. The van der Waals surface area contributed by atoms with E-state index in [0.717, 1.165) is 30.1 Å². The highest BCUT2D eigenvalue weighted by Crippen LogP contribution is 2.29. The molecule has 1 saturated heterocycles. The molecule has 0 aromatic rings. The van der Waals surface area contributed by atoms with Crippen LogP contribution in [0.4, 0.5) is 4.79 Å². The zero-order chi connectivity index (χ0) is 25.4. The summed E-state index contributed by atoms with van der Waals surface area (Å²) < 4.78 is 29.7. The van der Waals surface area contributed by atoms with Gasteiger partial charge in [-0.3, -0.25) is 0 Å².